The average molecular weight is 235 g/mol. The third-order valence-electron chi connectivity index (χ3n) is 1.56. The van der Waals surface area contributed by atoms with E-state index in [1.165, 1.54) is 6.92 Å². The molecule has 1 heterocycles. The lowest BCUT2D eigenvalue weighted by molar-refractivity contribution is 0.576. The Bertz CT molecular complexity index is 467. The summed E-state index contributed by atoms with van der Waals surface area (Å²) < 4.78 is 23.6. The monoisotopic (exact) mass is 234 g/mol. The zero-order valence-electron chi connectivity index (χ0n) is 7.18. The van der Waals surface area contributed by atoms with Gasteiger partial charge in [-0.3, -0.25) is 0 Å². The zero-order valence-corrected chi connectivity index (χ0v) is 8.75. The summed E-state index contributed by atoms with van der Waals surface area (Å²) in [6, 6.07) is 1.60. The Morgan fingerprint density at radius 2 is 2.36 bits per heavy atom. The predicted molar refractivity (Wildman–Crippen MR) is 51.0 cm³/mol. The minimum atomic E-state index is -3.81. The molecule has 1 aromatic rings. The predicted octanol–water partition coefficient (Wildman–Crippen LogP) is 0.209. The second-order valence-electron chi connectivity index (χ2n) is 2.55. The first kappa shape index (κ1) is 10.8. The first-order valence-electron chi connectivity index (χ1n) is 3.54. The zero-order chi connectivity index (χ0) is 10.9. The molecule has 0 fully saturated rings. The van der Waals surface area contributed by atoms with E-state index in [1.807, 2.05) is 0 Å². The third kappa shape index (κ3) is 1.66. The normalized spacial score (nSPS) is 13.5. The molecule has 1 unspecified atom stereocenters. The number of hydrogen-bond acceptors (Lipinski definition) is 5. The molecule has 0 aliphatic heterocycles. The standard InChI is InChI=1S/C6H7ClN4O2S/c1-4(2-8)14(12,13)11-3-5(7)6(9)10-11/h3-4H,1H3,(H2,9,10). The van der Waals surface area contributed by atoms with Gasteiger partial charge in [0, 0.05) is 0 Å². The molecule has 1 rings (SSSR count). The lowest BCUT2D eigenvalue weighted by Gasteiger charge is -2.03. The molecule has 76 valence electrons. The molecule has 6 nitrogen and oxygen atoms in total. The van der Waals surface area contributed by atoms with Gasteiger partial charge in [-0.2, -0.15) is 9.35 Å². The summed E-state index contributed by atoms with van der Waals surface area (Å²) in [7, 11) is -3.81. The maximum absolute atomic E-state index is 11.5. The molecular weight excluding hydrogens is 228 g/mol. The number of nitrogen functional groups attached to an aromatic ring is 1. The van der Waals surface area contributed by atoms with Crippen molar-refractivity contribution in [2.45, 2.75) is 12.2 Å². The van der Waals surface area contributed by atoms with Gasteiger partial charge in [0.25, 0.3) is 10.0 Å². The summed E-state index contributed by atoms with van der Waals surface area (Å²) >= 11 is 5.53. The highest BCUT2D eigenvalue weighted by Gasteiger charge is 2.24. The molecule has 0 amide bonds. The Kier molecular flexibility index (Phi) is 2.69. The molecule has 0 aliphatic rings. The van der Waals surface area contributed by atoms with Crippen molar-refractivity contribution in [1.29, 1.82) is 5.26 Å². The number of nitrogens with two attached hydrogens (primary N) is 1. The Hall–Kier alpha value is -1.26. The quantitative estimate of drug-likeness (QED) is 0.788. The molecule has 0 spiro atoms. The fourth-order valence-electron chi connectivity index (χ4n) is 0.705. The Labute approximate surface area is 85.9 Å². The van der Waals surface area contributed by atoms with Crippen LogP contribution in [0, 0.1) is 11.3 Å². The molecule has 0 aliphatic carbocycles. The Morgan fingerprint density at radius 1 is 1.79 bits per heavy atom. The minimum Gasteiger partial charge on any atom is -0.381 e. The number of rotatable bonds is 2. The van der Waals surface area contributed by atoms with Crippen molar-refractivity contribution in [3.05, 3.63) is 11.2 Å². The van der Waals surface area contributed by atoms with Crippen LogP contribution in [0.3, 0.4) is 0 Å². The molecule has 14 heavy (non-hydrogen) atoms. The van der Waals surface area contributed by atoms with Crippen molar-refractivity contribution >= 4 is 27.4 Å². The van der Waals surface area contributed by atoms with Crippen LogP contribution in [0.25, 0.3) is 0 Å². The fraction of sp³-hybridized carbons (Fsp3) is 0.333. The molecule has 0 saturated carbocycles. The molecule has 0 aromatic carbocycles. The average Bonchev–Trinajstić information content (AvgIpc) is 2.46. The van der Waals surface area contributed by atoms with Gasteiger partial charge in [-0.05, 0) is 6.92 Å². The van der Waals surface area contributed by atoms with Crippen LogP contribution in [-0.4, -0.2) is 22.9 Å². The Balaban J connectivity index is 3.26. The number of nitrogens with zero attached hydrogens (tertiary/aromatic N) is 3. The smallest absolute Gasteiger partial charge is 0.269 e. The minimum absolute atomic E-state index is 0.0405. The second-order valence-corrected chi connectivity index (χ2v) is 5.07. The van der Waals surface area contributed by atoms with Crippen LogP contribution >= 0.6 is 11.6 Å². The highest BCUT2D eigenvalue weighted by atomic mass is 35.5. The highest BCUT2D eigenvalue weighted by Crippen LogP contribution is 2.17. The van der Waals surface area contributed by atoms with Gasteiger partial charge in [0.15, 0.2) is 11.1 Å². The number of halogens is 1. The van der Waals surface area contributed by atoms with Gasteiger partial charge in [-0.15, -0.1) is 5.10 Å². The van der Waals surface area contributed by atoms with Gasteiger partial charge in [-0.1, -0.05) is 11.6 Å². The van der Waals surface area contributed by atoms with E-state index in [0.29, 0.717) is 4.09 Å². The summed E-state index contributed by atoms with van der Waals surface area (Å²) in [5.74, 6) is -0.0830. The van der Waals surface area contributed by atoms with Crippen LogP contribution in [0.2, 0.25) is 5.02 Å². The van der Waals surface area contributed by atoms with Gasteiger partial charge in [0.05, 0.1) is 12.3 Å². The topological polar surface area (TPSA) is 102 Å². The summed E-state index contributed by atoms with van der Waals surface area (Å²) in [4.78, 5) is 0. The van der Waals surface area contributed by atoms with E-state index in [9.17, 15) is 8.42 Å². The number of nitriles is 1. The van der Waals surface area contributed by atoms with Crippen molar-refractivity contribution < 1.29 is 8.42 Å². The van der Waals surface area contributed by atoms with Crippen LogP contribution in [0.4, 0.5) is 5.82 Å². The molecule has 1 aromatic heterocycles. The molecule has 1 atom stereocenters. The lowest BCUT2D eigenvalue weighted by atomic mass is 10.5. The van der Waals surface area contributed by atoms with Gasteiger partial charge in [0.1, 0.15) is 5.02 Å². The van der Waals surface area contributed by atoms with Crippen LogP contribution < -0.4 is 5.73 Å². The number of anilines is 1. The van der Waals surface area contributed by atoms with Crippen LogP contribution in [0.1, 0.15) is 6.92 Å². The molecule has 0 saturated heterocycles. The van der Waals surface area contributed by atoms with E-state index < -0.39 is 15.3 Å². The Morgan fingerprint density at radius 3 is 2.71 bits per heavy atom. The van der Waals surface area contributed by atoms with Gasteiger partial charge in [-0.25, -0.2) is 8.42 Å². The first-order chi connectivity index (χ1) is 6.39. The van der Waals surface area contributed by atoms with E-state index in [4.69, 9.17) is 22.6 Å². The van der Waals surface area contributed by atoms with E-state index in [2.05, 4.69) is 5.10 Å². The summed E-state index contributed by atoms with van der Waals surface area (Å²) in [5, 5.41) is 10.8. The van der Waals surface area contributed by atoms with Crippen molar-refractivity contribution in [3.63, 3.8) is 0 Å². The van der Waals surface area contributed by atoms with Gasteiger partial charge in [0.2, 0.25) is 0 Å². The van der Waals surface area contributed by atoms with Gasteiger partial charge < -0.3 is 5.73 Å². The maximum Gasteiger partial charge on any atom is 0.269 e. The second kappa shape index (κ2) is 3.48. The van der Waals surface area contributed by atoms with Gasteiger partial charge >= 0.3 is 0 Å². The van der Waals surface area contributed by atoms with Crippen LogP contribution in [0.5, 0.6) is 0 Å². The van der Waals surface area contributed by atoms with Crippen LogP contribution in [0.15, 0.2) is 6.20 Å². The number of hydrogen-bond donors (Lipinski definition) is 1. The largest absolute Gasteiger partial charge is 0.381 e. The van der Waals surface area contributed by atoms with E-state index in [0.717, 1.165) is 6.20 Å². The van der Waals surface area contributed by atoms with E-state index in [1.54, 1.807) is 6.07 Å². The molecule has 0 radical (unpaired) electrons. The number of aromatic nitrogens is 2. The highest BCUT2D eigenvalue weighted by molar-refractivity contribution is 7.90. The van der Waals surface area contributed by atoms with E-state index in [-0.39, 0.29) is 10.8 Å². The fourth-order valence-corrected chi connectivity index (χ4v) is 1.80. The third-order valence-corrected chi connectivity index (χ3v) is 3.56. The van der Waals surface area contributed by atoms with E-state index >= 15 is 0 Å². The summed E-state index contributed by atoms with van der Waals surface area (Å²) in [6.07, 6.45) is 1.06. The molecule has 2 N–H and O–H groups in total. The van der Waals surface area contributed by atoms with Crippen molar-refractivity contribution in [2.24, 2.45) is 0 Å². The molecule has 8 heteroatoms. The molecule has 0 bridgehead atoms. The van der Waals surface area contributed by atoms with Crippen LogP contribution in [-0.2, 0) is 10.0 Å². The van der Waals surface area contributed by atoms with Crippen molar-refractivity contribution in [3.8, 4) is 6.07 Å². The van der Waals surface area contributed by atoms with Crippen molar-refractivity contribution in [1.82, 2.24) is 9.19 Å². The summed E-state index contributed by atoms with van der Waals surface area (Å²) in [6.45, 7) is 1.25. The summed E-state index contributed by atoms with van der Waals surface area (Å²) in [5.41, 5.74) is 5.27. The maximum atomic E-state index is 11.5. The SMILES string of the molecule is CC(C#N)S(=O)(=O)n1cc(Cl)c(N)n1. The molecular formula is C6H7ClN4O2S. The van der Waals surface area contributed by atoms with Crippen molar-refractivity contribution in [2.75, 3.05) is 5.73 Å². The first-order valence-corrected chi connectivity index (χ1v) is 5.42. The lowest BCUT2D eigenvalue weighted by Crippen LogP contribution is -2.24.